The van der Waals surface area contributed by atoms with E-state index in [0.717, 1.165) is 48.8 Å². The van der Waals surface area contributed by atoms with Gasteiger partial charge in [0.05, 0.1) is 23.4 Å². The first kappa shape index (κ1) is 20.6. The van der Waals surface area contributed by atoms with E-state index < -0.39 is 0 Å². The smallest absolute Gasteiger partial charge is 0.257 e. The first-order chi connectivity index (χ1) is 15.7. The van der Waals surface area contributed by atoms with Crippen molar-refractivity contribution in [3.63, 3.8) is 0 Å². The molecule has 0 bridgehead atoms. The highest BCUT2D eigenvalue weighted by molar-refractivity contribution is 7.22. The Morgan fingerprint density at radius 3 is 2.66 bits per heavy atom. The van der Waals surface area contributed by atoms with Gasteiger partial charge in [-0.2, -0.15) is 0 Å². The largest absolute Gasteiger partial charge is 0.457 e. The Labute approximate surface area is 190 Å². The highest BCUT2D eigenvalue weighted by Crippen LogP contribution is 2.28. The standard InChI is InChI=1S/C25H23N3O3S/c29-24(19-5-4-8-21(16-19)31-20-6-2-1-3-7-20)27-25-26-22-10-9-18(15-23(22)32-25)17-28-11-13-30-14-12-28/h1-10,15-16H,11-14,17H2,(H,26,27,29). The van der Waals surface area contributed by atoms with Crippen molar-refractivity contribution in [2.75, 3.05) is 31.6 Å². The maximum atomic E-state index is 12.8. The third-order valence-electron chi connectivity index (χ3n) is 5.26. The highest BCUT2D eigenvalue weighted by atomic mass is 32.1. The summed E-state index contributed by atoms with van der Waals surface area (Å²) in [7, 11) is 0. The summed E-state index contributed by atoms with van der Waals surface area (Å²) in [5.41, 5.74) is 2.65. The lowest BCUT2D eigenvalue weighted by atomic mass is 10.2. The average Bonchev–Trinajstić information content (AvgIpc) is 3.22. The van der Waals surface area contributed by atoms with Gasteiger partial charge in [0.2, 0.25) is 0 Å². The van der Waals surface area contributed by atoms with Crippen LogP contribution in [0.2, 0.25) is 0 Å². The van der Waals surface area contributed by atoms with E-state index in [9.17, 15) is 4.79 Å². The SMILES string of the molecule is O=C(Nc1nc2ccc(CN3CCOCC3)cc2s1)c1cccc(Oc2ccccc2)c1. The number of carbonyl (C=O) groups is 1. The van der Waals surface area contributed by atoms with Gasteiger partial charge in [0, 0.05) is 25.2 Å². The summed E-state index contributed by atoms with van der Waals surface area (Å²) in [6.45, 7) is 4.38. The third kappa shape index (κ3) is 4.96. The number of benzene rings is 3. The number of amides is 1. The van der Waals surface area contributed by atoms with Crippen LogP contribution >= 0.6 is 11.3 Å². The normalized spacial score (nSPS) is 14.4. The van der Waals surface area contributed by atoms with E-state index in [1.807, 2.05) is 48.5 Å². The lowest BCUT2D eigenvalue weighted by molar-refractivity contribution is 0.0342. The van der Waals surface area contributed by atoms with Crippen molar-refractivity contribution in [3.8, 4) is 11.5 Å². The van der Waals surface area contributed by atoms with Crippen molar-refractivity contribution in [3.05, 3.63) is 83.9 Å². The van der Waals surface area contributed by atoms with Crippen LogP contribution in [0.25, 0.3) is 10.2 Å². The lowest BCUT2D eigenvalue weighted by Crippen LogP contribution is -2.35. The number of anilines is 1. The summed E-state index contributed by atoms with van der Waals surface area (Å²) < 4.78 is 12.3. The molecule has 0 spiro atoms. The molecule has 0 unspecified atom stereocenters. The summed E-state index contributed by atoms with van der Waals surface area (Å²) in [6.07, 6.45) is 0. The molecule has 32 heavy (non-hydrogen) atoms. The van der Waals surface area contributed by atoms with Gasteiger partial charge in [-0.05, 0) is 48.0 Å². The molecule has 0 aliphatic carbocycles. The highest BCUT2D eigenvalue weighted by Gasteiger charge is 2.14. The number of hydrogen-bond acceptors (Lipinski definition) is 6. The van der Waals surface area contributed by atoms with Gasteiger partial charge in [0.1, 0.15) is 11.5 Å². The van der Waals surface area contributed by atoms with E-state index in [0.29, 0.717) is 16.4 Å². The zero-order chi connectivity index (χ0) is 21.8. The van der Waals surface area contributed by atoms with Crippen LogP contribution in [-0.2, 0) is 11.3 Å². The minimum atomic E-state index is -0.212. The van der Waals surface area contributed by atoms with Crippen molar-refractivity contribution in [1.29, 1.82) is 0 Å². The molecule has 0 saturated carbocycles. The first-order valence-electron chi connectivity index (χ1n) is 10.6. The van der Waals surface area contributed by atoms with Crippen molar-refractivity contribution < 1.29 is 14.3 Å². The number of rotatable bonds is 6. The van der Waals surface area contributed by atoms with Crippen LogP contribution in [0.3, 0.4) is 0 Å². The van der Waals surface area contributed by atoms with Crippen LogP contribution in [0.5, 0.6) is 11.5 Å². The summed E-state index contributed by atoms with van der Waals surface area (Å²) in [5, 5.41) is 3.51. The maximum Gasteiger partial charge on any atom is 0.257 e. The molecule has 1 N–H and O–H groups in total. The minimum absolute atomic E-state index is 0.212. The zero-order valence-corrected chi connectivity index (χ0v) is 18.3. The number of hydrogen-bond donors (Lipinski definition) is 1. The number of nitrogens with zero attached hydrogens (tertiary/aromatic N) is 2. The van der Waals surface area contributed by atoms with Gasteiger partial charge in [-0.15, -0.1) is 0 Å². The molecule has 1 aromatic heterocycles. The Morgan fingerprint density at radius 1 is 1.00 bits per heavy atom. The van der Waals surface area contributed by atoms with Gasteiger partial charge in [0.25, 0.3) is 5.91 Å². The number of aromatic nitrogens is 1. The second-order valence-corrected chi connectivity index (χ2v) is 8.64. The fourth-order valence-corrected chi connectivity index (χ4v) is 4.56. The van der Waals surface area contributed by atoms with E-state index in [-0.39, 0.29) is 5.91 Å². The molecule has 0 radical (unpaired) electrons. The maximum absolute atomic E-state index is 12.8. The first-order valence-corrected chi connectivity index (χ1v) is 11.4. The van der Waals surface area contributed by atoms with Crippen molar-refractivity contribution in [2.45, 2.75) is 6.54 Å². The predicted octanol–water partition coefficient (Wildman–Crippen LogP) is 5.17. The fourth-order valence-electron chi connectivity index (χ4n) is 3.63. The van der Waals surface area contributed by atoms with E-state index in [4.69, 9.17) is 9.47 Å². The molecule has 1 aliphatic heterocycles. The zero-order valence-electron chi connectivity index (χ0n) is 17.5. The van der Waals surface area contributed by atoms with E-state index >= 15 is 0 Å². The number of fused-ring (bicyclic) bond motifs is 1. The molecule has 3 aromatic carbocycles. The average molecular weight is 446 g/mol. The molecule has 7 heteroatoms. The van der Waals surface area contributed by atoms with Crippen LogP contribution in [0, 0.1) is 0 Å². The number of carbonyl (C=O) groups excluding carboxylic acids is 1. The van der Waals surface area contributed by atoms with E-state index in [2.05, 4.69) is 27.3 Å². The van der Waals surface area contributed by atoms with E-state index in [1.54, 1.807) is 12.1 Å². The number of morpholine rings is 1. The van der Waals surface area contributed by atoms with Gasteiger partial charge in [-0.25, -0.2) is 4.98 Å². The number of thiazole rings is 1. The summed E-state index contributed by atoms with van der Waals surface area (Å²) in [6, 6.07) is 22.9. The molecule has 6 nitrogen and oxygen atoms in total. The van der Waals surface area contributed by atoms with Gasteiger partial charge < -0.3 is 9.47 Å². The Kier molecular flexibility index (Phi) is 6.11. The fraction of sp³-hybridized carbons (Fsp3) is 0.200. The summed E-state index contributed by atoms with van der Waals surface area (Å²) >= 11 is 1.49. The molecule has 1 amide bonds. The van der Waals surface area contributed by atoms with Crippen LogP contribution < -0.4 is 10.1 Å². The molecule has 162 valence electrons. The second-order valence-electron chi connectivity index (χ2n) is 7.61. The number of ether oxygens (including phenoxy) is 2. The molecule has 4 aromatic rings. The predicted molar refractivity (Wildman–Crippen MR) is 127 cm³/mol. The number of para-hydroxylation sites is 1. The summed E-state index contributed by atoms with van der Waals surface area (Å²) in [4.78, 5) is 19.8. The van der Waals surface area contributed by atoms with Gasteiger partial charge >= 0.3 is 0 Å². The molecule has 2 heterocycles. The Hall–Kier alpha value is -3.26. The monoisotopic (exact) mass is 445 g/mol. The third-order valence-corrected chi connectivity index (χ3v) is 6.19. The quantitative estimate of drug-likeness (QED) is 0.443. The van der Waals surface area contributed by atoms with Crippen LogP contribution in [-0.4, -0.2) is 42.1 Å². The van der Waals surface area contributed by atoms with Crippen LogP contribution in [0.1, 0.15) is 15.9 Å². The Balaban J connectivity index is 1.27. The molecule has 1 fully saturated rings. The molecule has 1 aliphatic rings. The number of nitrogens with one attached hydrogen (secondary N) is 1. The van der Waals surface area contributed by atoms with Crippen LogP contribution in [0.4, 0.5) is 5.13 Å². The van der Waals surface area contributed by atoms with E-state index in [1.165, 1.54) is 16.9 Å². The molecular weight excluding hydrogens is 422 g/mol. The molecule has 0 atom stereocenters. The van der Waals surface area contributed by atoms with Crippen molar-refractivity contribution >= 4 is 32.6 Å². The molecule has 5 rings (SSSR count). The van der Waals surface area contributed by atoms with Gasteiger partial charge in [-0.1, -0.05) is 41.7 Å². The topological polar surface area (TPSA) is 63.7 Å². The Morgan fingerprint density at radius 2 is 1.81 bits per heavy atom. The van der Waals surface area contributed by atoms with Crippen molar-refractivity contribution in [2.24, 2.45) is 0 Å². The van der Waals surface area contributed by atoms with Crippen molar-refractivity contribution in [1.82, 2.24) is 9.88 Å². The summed E-state index contributed by atoms with van der Waals surface area (Å²) in [5.74, 6) is 1.13. The molecular formula is C25H23N3O3S. The van der Waals surface area contributed by atoms with Crippen LogP contribution in [0.15, 0.2) is 72.8 Å². The Bertz CT molecular complexity index is 1220. The van der Waals surface area contributed by atoms with Gasteiger partial charge in [0.15, 0.2) is 5.13 Å². The van der Waals surface area contributed by atoms with Gasteiger partial charge in [-0.3, -0.25) is 15.0 Å². The molecule has 1 saturated heterocycles. The minimum Gasteiger partial charge on any atom is -0.457 e. The second kappa shape index (κ2) is 9.48. The lowest BCUT2D eigenvalue weighted by Gasteiger charge is -2.26.